The number of rotatable bonds is 9. The van der Waals surface area contributed by atoms with Gasteiger partial charge in [0.2, 0.25) is 0 Å². The molecule has 0 saturated heterocycles. The Morgan fingerprint density at radius 1 is 1.02 bits per heavy atom. The number of hydrogen-bond acceptors (Lipinski definition) is 7. The van der Waals surface area contributed by atoms with Crippen molar-refractivity contribution in [3.05, 3.63) is 91.0 Å². The van der Waals surface area contributed by atoms with Gasteiger partial charge in [0.15, 0.2) is 0 Å². The van der Waals surface area contributed by atoms with E-state index < -0.39 is 0 Å². The summed E-state index contributed by atoms with van der Waals surface area (Å²) < 4.78 is 3.25. The Morgan fingerprint density at radius 3 is 2.50 bits per heavy atom. The minimum atomic E-state index is 0.425. The number of fused-ring (bicyclic) bond motifs is 7. The summed E-state index contributed by atoms with van der Waals surface area (Å²) in [4.78, 5) is 9.89. The summed E-state index contributed by atoms with van der Waals surface area (Å²) in [6.45, 7) is 15.1. The highest BCUT2D eigenvalue weighted by atomic mass is 32.2. The second kappa shape index (κ2) is 12.8. The SMILES string of the molecule is C=CC/C(=C\C1=C(C=C)S/C(=C2\Sc3cc4c(cc3S2)SC2(C)C3CCC(C3)C2S4)S1)SC(/C=C\C=C/C)CC. The van der Waals surface area contributed by atoms with Crippen molar-refractivity contribution in [2.24, 2.45) is 11.8 Å². The van der Waals surface area contributed by atoms with Crippen LogP contribution in [0.3, 0.4) is 0 Å². The van der Waals surface area contributed by atoms with E-state index in [1.807, 2.05) is 71.0 Å². The number of benzene rings is 1. The van der Waals surface area contributed by atoms with E-state index >= 15 is 0 Å². The Labute approximate surface area is 270 Å². The molecule has 0 N–H and O–H groups in total. The Kier molecular flexibility index (Phi) is 9.59. The van der Waals surface area contributed by atoms with Crippen LogP contribution in [0.5, 0.6) is 0 Å². The van der Waals surface area contributed by atoms with E-state index in [1.54, 1.807) is 0 Å². The van der Waals surface area contributed by atoms with Crippen LogP contribution in [-0.2, 0) is 0 Å². The molecule has 2 saturated carbocycles. The average molecular weight is 657 g/mol. The topological polar surface area (TPSA) is 0 Å². The van der Waals surface area contributed by atoms with Gasteiger partial charge in [-0.2, -0.15) is 0 Å². The molecule has 0 aromatic heterocycles. The Morgan fingerprint density at radius 2 is 1.77 bits per heavy atom. The summed E-state index contributed by atoms with van der Waals surface area (Å²) in [5.74, 6) is 1.83. The fourth-order valence-corrected chi connectivity index (χ4v) is 16.5. The summed E-state index contributed by atoms with van der Waals surface area (Å²) in [7, 11) is 0. The maximum atomic E-state index is 4.17. The molecule has 7 heteroatoms. The lowest BCUT2D eigenvalue weighted by atomic mass is 9.89. The summed E-state index contributed by atoms with van der Waals surface area (Å²) in [5.41, 5.74) is 0. The van der Waals surface area contributed by atoms with Crippen molar-refractivity contribution in [2.75, 3.05) is 0 Å². The van der Waals surface area contributed by atoms with Crippen molar-refractivity contribution >= 4 is 82.3 Å². The Bertz CT molecular complexity index is 1360. The van der Waals surface area contributed by atoms with E-state index in [0.717, 1.165) is 29.9 Å². The zero-order chi connectivity index (χ0) is 27.9. The first kappa shape index (κ1) is 29.9. The van der Waals surface area contributed by atoms with Gasteiger partial charge in [0.05, 0.1) is 8.47 Å². The van der Waals surface area contributed by atoms with Gasteiger partial charge in [-0.3, -0.25) is 0 Å². The van der Waals surface area contributed by atoms with Gasteiger partial charge in [-0.25, -0.2) is 0 Å². The fourth-order valence-electron chi connectivity index (χ4n) is 6.23. The maximum absolute atomic E-state index is 4.17. The number of hydrogen-bond donors (Lipinski definition) is 0. The van der Waals surface area contributed by atoms with Crippen LogP contribution in [0.15, 0.2) is 111 Å². The normalized spacial score (nSPS) is 31.8. The van der Waals surface area contributed by atoms with E-state index in [9.17, 15) is 0 Å². The van der Waals surface area contributed by atoms with Crippen molar-refractivity contribution in [1.82, 2.24) is 0 Å². The average Bonchev–Trinajstić information content (AvgIpc) is 3.72. The minimum Gasteiger partial charge on any atom is -0.123 e. The van der Waals surface area contributed by atoms with Crippen LogP contribution in [-0.4, -0.2) is 15.2 Å². The molecule has 5 unspecified atom stereocenters. The van der Waals surface area contributed by atoms with E-state index in [4.69, 9.17) is 0 Å². The largest absolute Gasteiger partial charge is 0.123 e. The first-order chi connectivity index (χ1) is 19.4. The number of allylic oxidation sites excluding steroid dienone is 7. The summed E-state index contributed by atoms with van der Waals surface area (Å²) >= 11 is 14.1. The van der Waals surface area contributed by atoms with Crippen LogP contribution >= 0.6 is 82.3 Å². The summed E-state index contributed by atoms with van der Waals surface area (Å²) in [6.07, 6.45) is 21.5. The van der Waals surface area contributed by atoms with Gasteiger partial charge < -0.3 is 0 Å². The Balaban J connectivity index is 1.20. The molecule has 0 spiro atoms. The Hall–Kier alpha value is -0.150. The molecule has 3 heterocycles. The van der Waals surface area contributed by atoms with E-state index in [1.165, 1.54) is 62.0 Å². The van der Waals surface area contributed by atoms with Gasteiger partial charge in [-0.1, -0.05) is 97.0 Å². The quantitative estimate of drug-likeness (QED) is 0.189. The molecule has 6 rings (SSSR count). The summed E-state index contributed by atoms with van der Waals surface area (Å²) in [6, 6.07) is 5.02. The van der Waals surface area contributed by atoms with E-state index in [2.05, 4.69) is 100.0 Å². The molecule has 0 amide bonds. The third-order valence-electron chi connectivity index (χ3n) is 8.25. The van der Waals surface area contributed by atoms with Crippen LogP contribution in [0.2, 0.25) is 0 Å². The monoisotopic (exact) mass is 656 g/mol. The van der Waals surface area contributed by atoms with E-state index in [0.29, 0.717) is 10.00 Å². The van der Waals surface area contributed by atoms with Crippen LogP contribution in [0.4, 0.5) is 0 Å². The lowest BCUT2D eigenvalue weighted by Crippen LogP contribution is -2.41. The molecule has 40 heavy (non-hydrogen) atoms. The molecule has 5 atom stereocenters. The molecule has 210 valence electrons. The third-order valence-corrected chi connectivity index (χ3v) is 18.8. The van der Waals surface area contributed by atoms with E-state index in [-0.39, 0.29) is 0 Å². The molecular formula is C33H36S7. The molecular weight excluding hydrogens is 621 g/mol. The van der Waals surface area contributed by atoms with Gasteiger partial charge in [-0.05, 0) is 80.9 Å². The van der Waals surface area contributed by atoms with Crippen LogP contribution < -0.4 is 0 Å². The molecule has 0 nitrogen and oxygen atoms in total. The molecule has 0 radical (unpaired) electrons. The van der Waals surface area contributed by atoms with Crippen molar-refractivity contribution < 1.29 is 0 Å². The van der Waals surface area contributed by atoms with Gasteiger partial charge in [0.25, 0.3) is 0 Å². The predicted octanol–water partition coefficient (Wildman–Crippen LogP) is 12.7. The van der Waals surface area contributed by atoms with Crippen LogP contribution in [0.25, 0.3) is 0 Å². The minimum absolute atomic E-state index is 0.425. The smallest absolute Gasteiger partial charge is 0.0706 e. The van der Waals surface area contributed by atoms with Gasteiger partial charge in [-0.15, -0.1) is 41.9 Å². The highest BCUT2D eigenvalue weighted by Crippen LogP contribution is 2.68. The van der Waals surface area contributed by atoms with Gasteiger partial charge >= 0.3 is 0 Å². The van der Waals surface area contributed by atoms with Gasteiger partial charge in [0.1, 0.15) is 0 Å². The fraction of sp³-hybridized carbons (Fsp3) is 0.394. The highest BCUT2D eigenvalue weighted by Gasteiger charge is 2.58. The summed E-state index contributed by atoms with van der Waals surface area (Å²) in [5, 5.41) is 1.25. The van der Waals surface area contributed by atoms with Crippen molar-refractivity contribution in [2.45, 2.75) is 87.7 Å². The molecule has 1 aromatic carbocycles. The first-order valence-electron chi connectivity index (χ1n) is 14.1. The lowest BCUT2D eigenvalue weighted by molar-refractivity contribution is 0.406. The molecule has 2 fully saturated rings. The highest BCUT2D eigenvalue weighted by molar-refractivity contribution is 8.32. The molecule has 2 bridgehead atoms. The van der Waals surface area contributed by atoms with Crippen molar-refractivity contribution in [3.63, 3.8) is 0 Å². The second-order valence-corrected chi connectivity index (χ2v) is 19.6. The molecule has 2 aliphatic carbocycles. The molecule has 1 aromatic rings. The predicted molar refractivity (Wildman–Crippen MR) is 191 cm³/mol. The zero-order valence-corrected chi connectivity index (χ0v) is 29.0. The maximum Gasteiger partial charge on any atom is 0.0706 e. The third kappa shape index (κ3) is 5.84. The van der Waals surface area contributed by atoms with Crippen molar-refractivity contribution in [3.8, 4) is 0 Å². The zero-order valence-electron chi connectivity index (χ0n) is 23.3. The van der Waals surface area contributed by atoms with Crippen LogP contribution in [0, 0.1) is 11.8 Å². The molecule has 3 aliphatic heterocycles. The van der Waals surface area contributed by atoms with Crippen LogP contribution in [0.1, 0.15) is 52.9 Å². The first-order valence-corrected chi connectivity index (χ1v) is 19.9. The molecule has 5 aliphatic rings. The standard InChI is InChI=1S/C33H36S7/c1-6-10-11-13-22(8-3)34-23(12-7-2)17-25-24(9-4)36-31(37-25)32-38-26-18-28-29(19-27(26)39-32)40-33(5)21-15-14-20(16-21)30(33)35-28/h6-7,9-11,13,17-22,30H,2,4,8,12,14-16H2,1,3,5H3/b10-6-,13-11-,23-17+,32-31-. The second-order valence-electron chi connectivity index (χ2n) is 10.8. The van der Waals surface area contributed by atoms with Crippen molar-refractivity contribution in [1.29, 1.82) is 0 Å². The lowest BCUT2D eigenvalue weighted by Gasteiger charge is -2.44. The van der Waals surface area contributed by atoms with Gasteiger partial charge in [0, 0.05) is 44.6 Å². The number of thioether (sulfide) groups is 7.